The van der Waals surface area contributed by atoms with E-state index in [0.717, 1.165) is 6.54 Å². The number of hydrogen-bond acceptors (Lipinski definition) is 3. The first-order chi connectivity index (χ1) is 7.39. The molecule has 0 radical (unpaired) electrons. The first kappa shape index (κ1) is 13.0. The molecule has 0 saturated carbocycles. The van der Waals surface area contributed by atoms with Gasteiger partial charge in [-0.3, -0.25) is 0 Å². The van der Waals surface area contributed by atoms with Crippen molar-refractivity contribution in [1.29, 1.82) is 0 Å². The van der Waals surface area contributed by atoms with E-state index in [9.17, 15) is 0 Å². The number of hydrogen-bond donors (Lipinski definition) is 0. The van der Waals surface area contributed by atoms with Gasteiger partial charge in [-0.2, -0.15) is 0 Å². The molecule has 3 heteroatoms. The van der Waals surface area contributed by atoms with Gasteiger partial charge in [0.2, 0.25) is 5.88 Å². The average molecular weight is 222 g/mol. The first-order valence-corrected chi connectivity index (χ1v) is 5.63. The Labute approximate surface area is 98.4 Å². The van der Waals surface area contributed by atoms with E-state index in [1.54, 1.807) is 0 Å². The number of aromatic nitrogens is 1. The Kier molecular flexibility index (Phi) is 4.30. The molecule has 0 N–H and O–H groups in total. The second-order valence-corrected chi connectivity index (χ2v) is 5.29. The fourth-order valence-electron chi connectivity index (χ4n) is 1.24. The summed E-state index contributed by atoms with van der Waals surface area (Å²) < 4.78 is 5.53. The fraction of sp³-hybridized carbons (Fsp3) is 0.615. The third kappa shape index (κ3) is 4.19. The molecule has 16 heavy (non-hydrogen) atoms. The van der Waals surface area contributed by atoms with Crippen molar-refractivity contribution in [2.75, 3.05) is 27.2 Å². The predicted molar refractivity (Wildman–Crippen MR) is 67.0 cm³/mol. The van der Waals surface area contributed by atoms with Crippen molar-refractivity contribution in [3.05, 3.63) is 23.9 Å². The maximum absolute atomic E-state index is 5.53. The van der Waals surface area contributed by atoms with Crippen molar-refractivity contribution in [2.45, 2.75) is 26.2 Å². The van der Waals surface area contributed by atoms with Crippen molar-refractivity contribution in [1.82, 2.24) is 9.88 Å². The zero-order chi connectivity index (χ0) is 12.2. The Bertz CT molecular complexity index is 312. The Morgan fingerprint density at radius 1 is 1.25 bits per heavy atom. The van der Waals surface area contributed by atoms with Crippen LogP contribution in [0.25, 0.3) is 0 Å². The van der Waals surface area contributed by atoms with Gasteiger partial charge in [0.05, 0.1) is 0 Å². The minimum atomic E-state index is 0.148. The summed E-state index contributed by atoms with van der Waals surface area (Å²) in [6.45, 7) is 8.11. The number of ether oxygens (including phenoxy) is 1. The lowest BCUT2D eigenvalue weighted by Gasteiger charge is -2.18. The van der Waals surface area contributed by atoms with Crippen LogP contribution in [-0.2, 0) is 5.41 Å². The van der Waals surface area contributed by atoms with Crippen LogP contribution >= 0.6 is 0 Å². The van der Waals surface area contributed by atoms with Crippen molar-refractivity contribution in [3.8, 4) is 5.88 Å². The van der Waals surface area contributed by atoms with E-state index in [1.165, 1.54) is 5.56 Å². The zero-order valence-corrected chi connectivity index (χ0v) is 10.9. The Morgan fingerprint density at radius 2 is 1.94 bits per heavy atom. The number of rotatable bonds is 4. The molecular formula is C13H22N2O. The molecule has 1 aromatic heterocycles. The topological polar surface area (TPSA) is 25.4 Å². The Morgan fingerprint density at radius 3 is 2.38 bits per heavy atom. The van der Waals surface area contributed by atoms with Crippen LogP contribution in [0.4, 0.5) is 0 Å². The molecule has 0 saturated heterocycles. The summed E-state index contributed by atoms with van der Waals surface area (Å²) in [6, 6.07) is 4.02. The maximum atomic E-state index is 5.53. The molecule has 3 nitrogen and oxygen atoms in total. The van der Waals surface area contributed by atoms with Gasteiger partial charge < -0.3 is 9.64 Å². The molecule has 1 heterocycles. The van der Waals surface area contributed by atoms with Gasteiger partial charge in [0, 0.05) is 18.8 Å². The van der Waals surface area contributed by atoms with Gasteiger partial charge in [-0.15, -0.1) is 0 Å². The van der Waals surface area contributed by atoms with E-state index in [-0.39, 0.29) is 5.41 Å². The van der Waals surface area contributed by atoms with Gasteiger partial charge >= 0.3 is 0 Å². The van der Waals surface area contributed by atoms with Gasteiger partial charge in [-0.1, -0.05) is 26.8 Å². The second kappa shape index (κ2) is 5.30. The maximum Gasteiger partial charge on any atom is 0.213 e. The molecule has 0 aromatic carbocycles. The van der Waals surface area contributed by atoms with Gasteiger partial charge in [-0.25, -0.2) is 4.98 Å². The summed E-state index contributed by atoms with van der Waals surface area (Å²) in [5, 5.41) is 0. The fourth-order valence-corrected chi connectivity index (χ4v) is 1.24. The quantitative estimate of drug-likeness (QED) is 0.781. The van der Waals surface area contributed by atoms with Crippen molar-refractivity contribution in [3.63, 3.8) is 0 Å². The Balaban J connectivity index is 2.52. The highest BCUT2D eigenvalue weighted by Gasteiger charge is 2.13. The van der Waals surface area contributed by atoms with Gasteiger partial charge in [0.25, 0.3) is 0 Å². The molecule has 0 aliphatic heterocycles. The van der Waals surface area contributed by atoms with E-state index in [4.69, 9.17) is 4.74 Å². The first-order valence-electron chi connectivity index (χ1n) is 5.63. The third-order valence-electron chi connectivity index (χ3n) is 2.39. The minimum absolute atomic E-state index is 0.148. The average Bonchev–Trinajstić information content (AvgIpc) is 2.16. The van der Waals surface area contributed by atoms with Gasteiger partial charge in [0.1, 0.15) is 6.61 Å². The van der Waals surface area contributed by atoms with Crippen LogP contribution in [0, 0.1) is 0 Å². The van der Waals surface area contributed by atoms with E-state index in [1.807, 2.05) is 26.4 Å². The van der Waals surface area contributed by atoms with E-state index in [0.29, 0.717) is 12.5 Å². The van der Waals surface area contributed by atoms with Crippen LogP contribution in [0.1, 0.15) is 26.3 Å². The van der Waals surface area contributed by atoms with Gasteiger partial charge in [-0.05, 0) is 25.1 Å². The zero-order valence-electron chi connectivity index (χ0n) is 10.9. The van der Waals surface area contributed by atoms with Crippen LogP contribution < -0.4 is 4.74 Å². The Hall–Kier alpha value is -1.09. The SMILES string of the molecule is CN(C)CCOc1ccc(C(C)(C)C)cn1. The molecule has 1 rings (SSSR count). The van der Waals surface area contributed by atoms with Crippen LogP contribution in [-0.4, -0.2) is 37.1 Å². The van der Waals surface area contributed by atoms with Crippen molar-refractivity contribution >= 4 is 0 Å². The lowest BCUT2D eigenvalue weighted by atomic mass is 9.88. The molecular weight excluding hydrogens is 200 g/mol. The summed E-state index contributed by atoms with van der Waals surface area (Å²) in [5.41, 5.74) is 1.38. The second-order valence-electron chi connectivity index (χ2n) is 5.29. The predicted octanol–water partition coefficient (Wildman–Crippen LogP) is 2.32. The van der Waals surface area contributed by atoms with E-state index in [2.05, 4.69) is 36.7 Å². The largest absolute Gasteiger partial charge is 0.476 e. The van der Waals surface area contributed by atoms with Crippen LogP contribution in [0.3, 0.4) is 0 Å². The minimum Gasteiger partial charge on any atom is -0.476 e. The summed E-state index contributed by atoms with van der Waals surface area (Å²) in [4.78, 5) is 6.39. The highest BCUT2D eigenvalue weighted by Crippen LogP contribution is 2.22. The molecule has 90 valence electrons. The molecule has 0 amide bonds. The number of likely N-dealkylation sites (N-methyl/N-ethyl adjacent to an activating group) is 1. The highest BCUT2D eigenvalue weighted by molar-refractivity contribution is 5.23. The van der Waals surface area contributed by atoms with Crippen molar-refractivity contribution in [2.24, 2.45) is 0 Å². The smallest absolute Gasteiger partial charge is 0.213 e. The summed E-state index contributed by atoms with van der Waals surface area (Å²) in [5.74, 6) is 0.704. The lowest BCUT2D eigenvalue weighted by molar-refractivity contribution is 0.253. The normalized spacial score (nSPS) is 11.9. The molecule has 0 aliphatic carbocycles. The summed E-state index contributed by atoms with van der Waals surface area (Å²) in [6.07, 6.45) is 1.89. The van der Waals surface area contributed by atoms with E-state index >= 15 is 0 Å². The monoisotopic (exact) mass is 222 g/mol. The molecule has 0 atom stereocenters. The van der Waals surface area contributed by atoms with Crippen LogP contribution in [0.15, 0.2) is 18.3 Å². The lowest BCUT2D eigenvalue weighted by Crippen LogP contribution is -2.19. The molecule has 0 fully saturated rings. The van der Waals surface area contributed by atoms with E-state index < -0.39 is 0 Å². The van der Waals surface area contributed by atoms with Crippen LogP contribution in [0.2, 0.25) is 0 Å². The molecule has 0 bridgehead atoms. The summed E-state index contributed by atoms with van der Waals surface area (Å²) >= 11 is 0. The van der Waals surface area contributed by atoms with Crippen molar-refractivity contribution < 1.29 is 4.74 Å². The standard InChI is InChI=1S/C13H22N2O/c1-13(2,3)11-6-7-12(14-10-11)16-9-8-15(4)5/h6-7,10H,8-9H2,1-5H3. The third-order valence-corrected chi connectivity index (χ3v) is 2.39. The van der Waals surface area contributed by atoms with Crippen LogP contribution in [0.5, 0.6) is 5.88 Å². The number of pyridine rings is 1. The highest BCUT2D eigenvalue weighted by atomic mass is 16.5. The molecule has 0 aliphatic rings. The van der Waals surface area contributed by atoms with Gasteiger partial charge in [0.15, 0.2) is 0 Å². The molecule has 0 spiro atoms. The summed E-state index contributed by atoms with van der Waals surface area (Å²) in [7, 11) is 4.05. The molecule has 1 aromatic rings. The molecule has 0 unspecified atom stereocenters. The number of nitrogens with zero attached hydrogens (tertiary/aromatic N) is 2.